The average molecular weight is 327 g/mol. The molecule has 0 bridgehead atoms. The van der Waals surface area contributed by atoms with Gasteiger partial charge in [0.05, 0.1) is 6.61 Å². The molecule has 0 aromatic heterocycles. The van der Waals surface area contributed by atoms with Gasteiger partial charge >= 0.3 is 0 Å². The summed E-state index contributed by atoms with van der Waals surface area (Å²) in [5.41, 5.74) is 2.55. The molecular weight excluding hydrogens is 304 g/mol. The monoisotopic (exact) mass is 326 g/mol. The number of nitrogens with one attached hydrogen (secondary N) is 1. The molecule has 1 aliphatic rings. The maximum absolute atomic E-state index is 5.39. The van der Waals surface area contributed by atoms with Crippen LogP contribution in [-0.4, -0.2) is 32.8 Å². The van der Waals surface area contributed by atoms with Gasteiger partial charge in [-0.2, -0.15) is 0 Å². The molecular formula is C15H23BrN2O. The van der Waals surface area contributed by atoms with E-state index in [0.29, 0.717) is 0 Å². The van der Waals surface area contributed by atoms with Gasteiger partial charge in [0.25, 0.3) is 0 Å². The highest BCUT2D eigenvalue weighted by molar-refractivity contribution is 9.10. The van der Waals surface area contributed by atoms with E-state index in [9.17, 15) is 0 Å². The van der Waals surface area contributed by atoms with Crippen LogP contribution in [0, 0.1) is 0 Å². The zero-order valence-electron chi connectivity index (χ0n) is 11.8. The molecule has 0 aliphatic heterocycles. The molecule has 1 aliphatic carbocycles. The number of benzene rings is 1. The number of nitrogens with zero attached hydrogens (tertiary/aromatic N) is 1. The van der Waals surface area contributed by atoms with E-state index < -0.39 is 0 Å². The topological polar surface area (TPSA) is 24.5 Å². The summed E-state index contributed by atoms with van der Waals surface area (Å²) in [5, 5.41) is 3.54. The van der Waals surface area contributed by atoms with Crippen molar-refractivity contribution in [3.8, 4) is 0 Å². The highest BCUT2D eigenvalue weighted by Crippen LogP contribution is 2.25. The molecule has 0 saturated heterocycles. The fraction of sp³-hybridized carbons (Fsp3) is 0.600. The van der Waals surface area contributed by atoms with E-state index in [2.05, 4.69) is 51.4 Å². The predicted molar refractivity (Wildman–Crippen MR) is 83.8 cm³/mol. The second kappa shape index (κ2) is 7.27. The number of anilines is 1. The van der Waals surface area contributed by atoms with E-state index in [-0.39, 0.29) is 0 Å². The van der Waals surface area contributed by atoms with Crippen LogP contribution in [0.5, 0.6) is 0 Å². The second-order valence-corrected chi connectivity index (χ2v) is 5.90. The van der Waals surface area contributed by atoms with Crippen molar-refractivity contribution in [2.75, 3.05) is 31.7 Å². The molecule has 0 amide bonds. The van der Waals surface area contributed by atoms with Gasteiger partial charge in [-0.3, -0.25) is 0 Å². The Morgan fingerprint density at radius 3 is 2.84 bits per heavy atom. The van der Waals surface area contributed by atoms with Crippen LogP contribution in [0.4, 0.5) is 5.69 Å². The molecule has 1 aromatic carbocycles. The minimum absolute atomic E-state index is 0.750. The van der Waals surface area contributed by atoms with Crippen molar-refractivity contribution < 1.29 is 4.74 Å². The van der Waals surface area contributed by atoms with Crippen LogP contribution < -0.4 is 10.2 Å². The van der Waals surface area contributed by atoms with Crippen molar-refractivity contribution in [2.24, 2.45) is 0 Å². The van der Waals surface area contributed by atoms with Gasteiger partial charge in [0.2, 0.25) is 0 Å². The molecule has 1 N–H and O–H groups in total. The molecule has 0 unspecified atom stereocenters. The SMILES string of the molecule is CCOCCN(C)c1ccc(CNC2CC2)c(Br)c1. The number of hydrogen-bond donors (Lipinski definition) is 1. The van der Waals surface area contributed by atoms with Crippen molar-refractivity contribution in [2.45, 2.75) is 32.4 Å². The van der Waals surface area contributed by atoms with Crippen molar-refractivity contribution >= 4 is 21.6 Å². The van der Waals surface area contributed by atoms with Crippen LogP contribution in [0.1, 0.15) is 25.3 Å². The van der Waals surface area contributed by atoms with E-state index in [1.165, 1.54) is 28.6 Å². The van der Waals surface area contributed by atoms with Gasteiger partial charge in [0.1, 0.15) is 0 Å². The smallest absolute Gasteiger partial charge is 0.0641 e. The minimum atomic E-state index is 0.750. The maximum atomic E-state index is 5.39. The fourth-order valence-corrected chi connectivity index (χ4v) is 2.44. The molecule has 1 saturated carbocycles. The molecule has 0 spiro atoms. The first-order valence-electron chi connectivity index (χ1n) is 7.01. The Bertz CT molecular complexity index is 407. The van der Waals surface area contributed by atoms with Crippen molar-refractivity contribution in [3.05, 3.63) is 28.2 Å². The first-order valence-corrected chi connectivity index (χ1v) is 7.80. The quantitative estimate of drug-likeness (QED) is 0.742. The summed E-state index contributed by atoms with van der Waals surface area (Å²) in [6.45, 7) is 5.45. The lowest BCUT2D eigenvalue weighted by atomic mass is 10.2. The van der Waals surface area contributed by atoms with Gasteiger partial charge in [-0.15, -0.1) is 0 Å². The van der Waals surface area contributed by atoms with Crippen LogP contribution in [0.2, 0.25) is 0 Å². The van der Waals surface area contributed by atoms with E-state index in [1.807, 2.05) is 6.92 Å². The molecule has 19 heavy (non-hydrogen) atoms. The number of halogens is 1. The summed E-state index contributed by atoms with van der Waals surface area (Å²) in [6, 6.07) is 7.32. The summed E-state index contributed by atoms with van der Waals surface area (Å²) < 4.78 is 6.57. The van der Waals surface area contributed by atoms with E-state index in [1.54, 1.807) is 0 Å². The molecule has 2 rings (SSSR count). The van der Waals surface area contributed by atoms with E-state index in [0.717, 1.165) is 32.3 Å². The zero-order valence-corrected chi connectivity index (χ0v) is 13.4. The van der Waals surface area contributed by atoms with Crippen molar-refractivity contribution in [3.63, 3.8) is 0 Å². The Balaban J connectivity index is 1.88. The lowest BCUT2D eigenvalue weighted by molar-refractivity contribution is 0.154. The predicted octanol–water partition coefficient (Wildman–Crippen LogP) is 3.17. The first kappa shape index (κ1) is 14.8. The van der Waals surface area contributed by atoms with Gasteiger partial charge in [0.15, 0.2) is 0 Å². The van der Waals surface area contributed by atoms with Gasteiger partial charge in [0, 0.05) is 42.9 Å². The first-order chi connectivity index (χ1) is 9.20. The van der Waals surface area contributed by atoms with Crippen molar-refractivity contribution in [1.82, 2.24) is 5.32 Å². The van der Waals surface area contributed by atoms with Gasteiger partial charge in [-0.25, -0.2) is 0 Å². The lowest BCUT2D eigenvalue weighted by Gasteiger charge is -2.20. The molecule has 106 valence electrons. The Morgan fingerprint density at radius 1 is 1.42 bits per heavy atom. The third-order valence-corrected chi connectivity index (χ3v) is 4.15. The van der Waals surface area contributed by atoms with Crippen LogP contribution in [0.3, 0.4) is 0 Å². The molecule has 0 heterocycles. The Morgan fingerprint density at radius 2 is 2.21 bits per heavy atom. The van der Waals surface area contributed by atoms with Crippen molar-refractivity contribution in [1.29, 1.82) is 0 Å². The summed E-state index contributed by atoms with van der Waals surface area (Å²) in [6.07, 6.45) is 2.66. The van der Waals surface area contributed by atoms with Gasteiger partial charge in [-0.1, -0.05) is 22.0 Å². The number of likely N-dealkylation sites (N-methyl/N-ethyl adjacent to an activating group) is 1. The number of rotatable bonds is 8. The molecule has 0 radical (unpaired) electrons. The largest absolute Gasteiger partial charge is 0.380 e. The zero-order chi connectivity index (χ0) is 13.7. The Kier molecular flexibility index (Phi) is 5.67. The molecule has 0 atom stereocenters. The third kappa shape index (κ3) is 4.79. The standard InChI is InChI=1S/C15H23BrN2O/c1-3-19-9-8-18(2)14-7-4-12(15(16)10-14)11-17-13-5-6-13/h4,7,10,13,17H,3,5-6,8-9,11H2,1-2H3. The summed E-state index contributed by atoms with van der Waals surface area (Å²) >= 11 is 3.67. The Hall–Kier alpha value is -0.580. The number of hydrogen-bond acceptors (Lipinski definition) is 3. The molecule has 3 nitrogen and oxygen atoms in total. The minimum Gasteiger partial charge on any atom is -0.380 e. The summed E-state index contributed by atoms with van der Waals surface area (Å²) in [7, 11) is 2.10. The van der Waals surface area contributed by atoms with E-state index >= 15 is 0 Å². The fourth-order valence-electron chi connectivity index (χ4n) is 1.93. The van der Waals surface area contributed by atoms with Crippen LogP contribution in [-0.2, 0) is 11.3 Å². The highest BCUT2D eigenvalue weighted by atomic mass is 79.9. The summed E-state index contributed by atoms with van der Waals surface area (Å²) in [4.78, 5) is 2.22. The normalized spacial score (nSPS) is 14.7. The lowest BCUT2D eigenvalue weighted by Crippen LogP contribution is -2.22. The van der Waals surface area contributed by atoms with Crippen LogP contribution >= 0.6 is 15.9 Å². The number of ether oxygens (including phenoxy) is 1. The van der Waals surface area contributed by atoms with E-state index in [4.69, 9.17) is 4.74 Å². The van der Waals surface area contributed by atoms with Crippen LogP contribution in [0.15, 0.2) is 22.7 Å². The van der Waals surface area contributed by atoms with Gasteiger partial charge in [-0.05, 0) is 37.5 Å². The summed E-state index contributed by atoms with van der Waals surface area (Å²) in [5.74, 6) is 0. The van der Waals surface area contributed by atoms with Crippen LogP contribution in [0.25, 0.3) is 0 Å². The highest BCUT2D eigenvalue weighted by Gasteiger charge is 2.20. The Labute approximate surface area is 124 Å². The second-order valence-electron chi connectivity index (χ2n) is 5.05. The third-order valence-electron chi connectivity index (χ3n) is 3.41. The molecule has 1 aromatic rings. The molecule has 4 heteroatoms. The molecule has 1 fully saturated rings. The average Bonchev–Trinajstić information content (AvgIpc) is 3.21. The van der Waals surface area contributed by atoms with Gasteiger partial charge < -0.3 is 15.0 Å². The maximum Gasteiger partial charge on any atom is 0.0641 e.